The number of nitrogens with one attached hydrogen (secondary N) is 1. The number of benzene rings is 1. The number of nitrogen functional groups attached to an aromatic ring is 1. The number of hydrogen-bond donors (Lipinski definition) is 3. The van der Waals surface area contributed by atoms with Crippen LogP contribution in [-0.2, 0) is 0 Å². The van der Waals surface area contributed by atoms with Crippen molar-refractivity contribution in [1.82, 2.24) is 4.98 Å². The summed E-state index contributed by atoms with van der Waals surface area (Å²) in [5, 5.41) is 2.90. The molecule has 0 aliphatic carbocycles. The van der Waals surface area contributed by atoms with Crippen LogP contribution >= 0.6 is 11.3 Å². The molecule has 5 N–H and O–H groups in total. The van der Waals surface area contributed by atoms with Crippen LogP contribution in [0.4, 0.5) is 15.6 Å². The molecule has 1 aromatic carbocycles. The second-order valence-corrected chi connectivity index (χ2v) is 3.77. The van der Waals surface area contributed by atoms with Crippen LogP contribution in [0.25, 0.3) is 10.2 Å². The number of rotatable bonds is 1. The number of aromatic nitrogens is 1. The van der Waals surface area contributed by atoms with Gasteiger partial charge in [-0.25, -0.2) is 9.78 Å². The van der Waals surface area contributed by atoms with Gasteiger partial charge in [0.15, 0.2) is 5.13 Å². The molecule has 2 amide bonds. The number of urea groups is 1. The Balaban J connectivity index is 2.46. The third-order valence-electron chi connectivity index (χ3n) is 1.64. The summed E-state index contributed by atoms with van der Waals surface area (Å²) >= 11 is 1.34. The maximum atomic E-state index is 10.6. The molecule has 0 aliphatic heterocycles. The van der Waals surface area contributed by atoms with E-state index in [2.05, 4.69) is 10.3 Å². The summed E-state index contributed by atoms with van der Waals surface area (Å²) in [5.41, 5.74) is 12.0. The average Bonchev–Trinajstić information content (AvgIpc) is 2.44. The molecule has 0 aliphatic rings. The zero-order valence-electron chi connectivity index (χ0n) is 7.15. The predicted octanol–water partition coefficient (Wildman–Crippen LogP) is 1.37. The summed E-state index contributed by atoms with van der Waals surface area (Å²) in [6.07, 6.45) is 0. The van der Waals surface area contributed by atoms with Gasteiger partial charge in [0.05, 0.1) is 10.2 Å². The molecule has 0 atom stereocenters. The van der Waals surface area contributed by atoms with Crippen molar-refractivity contribution in [3.8, 4) is 0 Å². The van der Waals surface area contributed by atoms with Gasteiger partial charge in [-0.15, -0.1) is 0 Å². The largest absolute Gasteiger partial charge is 0.399 e. The van der Waals surface area contributed by atoms with Gasteiger partial charge in [-0.2, -0.15) is 0 Å². The van der Waals surface area contributed by atoms with Crippen LogP contribution in [0.15, 0.2) is 18.2 Å². The van der Waals surface area contributed by atoms with Crippen molar-refractivity contribution in [2.24, 2.45) is 5.73 Å². The van der Waals surface area contributed by atoms with E-state index in [9.17, 15) is 4.79 Å². The average molecular weight is 208 g/mol. The molecule has 14 heavy (non-hydrogen) atoms. The Kier molecular flexibility index (Phi) is 1.97. The van der Waals surface area contributed by atoms with Crippen LogP contribution in [-0.4, -0.2) is 11.0 Å². The molecule has 6 heteroatoms. The van der Waals surface area contributed by atoms with E-state index in [1.165, 1.54) is 11.3 Å². The number of carbonyl (C=O) groups excluding carboxylic acids is 1. The molecular formula is C8H8N4OS. The van der Waals surface area contributed by atoms with E-state index in [4.69, 9.17) is 11.5 Å². The Morgan fingerprint density at radius 1 is 1.50 bits per heavy atom. The van der Waals surface area contributed by atoms with Crippen LogP contribution < -0.4 is 16.8 Å². The SMILES string of the molecule is NC(=O)Nc1nc2ccc(N)cc2s1. The molecule has 2 rings (SSSR count). The minimum atomic E-state index is -0.614. The van der Waals surface area contributed by atoms with Crippen LogP contribution in [0, 0.1) is 0 Å². The lowest BCUT2D eigenvalue weighted by atomic mass is 10.3. The van der Waals surface area contributed by atoms with Gasteiger partial charge < -0.3 is 11.5 Å². The Hall–Kier alpha value is -1.82. The highest BCUT2D eigenvalue weighted by molar-refractivity contribution is 7.22. The number of primary amides is 1. The maximum Gasteiger partial charge on any atom is 0.318 e. The Morgan fingerprint density at radius 2 is 2.29 bits per heavy atom. The molecule has 2 aromatic rings. The van der Waals surface area contributed by atoms with Crippen molar-refractivity contribution < 1.29 is 4.79 Å². The van der Waals surface area contributed by atoms with Gasteiger partial charge >= 0.3 is 6.03 Å². The minimum absolute atomic E-state index is 0.484. The number of fused-ring (bicyclic) bond motifs is 1. The second kappa shape index (κ2) is 3.15. The number of carbonyl (C=O) groups is 1. The van der Waals surface area contributed by atoms with Crippen molar-refractivity contribution >= 4 is 38.4 Å². The summed E-state index contributed by atoms with van der Waals surface area (Å²) in [5.74, 6) is 0. The lowest BCUT2D eigenvalue weighted by molar-refractivity contribution is 0.259. The molecule has 0 saturated heterocycles. The second-order valence-electron chi connectivity index (χ2n) is 2.74. The number of nitrogens with zero attached hydrogens (tertiary/aromatic N) is 1. The lowest BCUT2D eigenvalue weighted by Gasteiger charge is -1.91. The van der Waals surface area contributed by atoms with E-state index < -0.39 is 6.03 Å². The van der Waals surface area contributed by atoms with Crippen molar-refractivity contribution in [3.05, 3.63) is 18.2 Å². The van der Waals surface area contributed by atoms with Crippen molar-refractivity contribution in [3.63, 3.8) is 0 Å². The molecule has 1 aromatic heterocycles. The standard InChI is InChI=1S/C8H8N4OS/c9-4-1-2-5-6(3-4)14-8(11-5)12-7(10)13/h1-3H,9H2,(H3,10,11,12,13). The van der Waals surface area contributed by atoms with E-state index in [-0.39, 0.29) is 0 Å². The number of nitrogens with two attached hydrogens (primary N) is 2. The summed E-state index contributed by atoms with van der Waals surface area (Å²) in [6.45, 7) is 0. The number of amides is 2. The molecule has 0 saturated carbocycles. The first-order chi connectivity index (χ1) is 6.65. The summed E-state index contributed by atoms with van der Waals surface area (Å²) in [7, 11) is 0. The zero-order valence-corrected chi connectivity index (χ0v) is 7.97. The van der Waals surface area contributed by atoms with E-state index in [0.29, 0.717) is 10.8 Å². The van der Waals surface area contributed by atoms with Crippen LogP contribution in [0.3, 0.4) is 0 Å². The van der Waals surface area contributed by atoms with Gasteiger partial charge in [0.1, 0.15) is 0 Å². The topological polar surface area (TPSA) is 94.0 Å². The molecular weight excluding hydrogens is 200 g/mol. The van der Waals surface area contributed by atoms with Crippen molar-refractivity contribution in [1.29, 1.82) is 0 Å². The normalized spacial score (nSPS) is 10.3. The monoisotopic (exact) mass is 208 g/mol. The Bertz CT molecular complexity index is 493. The van der Waals surface area contributed by atoms with E-state index in [1.807, 2.05) is 0 Å². The van der Waals surface area contributed by atoms with E-state index in [0.717, 1.165) is 10.2 Å². The fourth-order valence-corrected chi connectivity index (χ4v) is 2.02. The van der Waals surface area contributed by atoms with Gasteiger partial charge in [0.25, 0.3) is 0 Å². The molecule has 0 fully saturated rings. The quantitative estimate of drug-likeness (QED) is 0.618. The Morgan fingerprint density at radius 3 is 3.00 bits per heavy atom. The highest BCUT2D eigenvalue weighted by atomic mass is 32.1. The number of anilines is 2. The highest BCUT2D eigenvalue weighted by Gasteiger charge is 2.04. The number of hydrogen-bond acceptors (Lipinski definition) is 4. The molecule has 1 heterocycles. The van der Waals surface area contributed by atoms with Crippen LogP contribution in [0.5, 0.6) is 0 Å². The summed E-state index contributed by atoms with van der Waals surface area (Å²) in [6, 6.07) is 4.75. The molecule has 0 spiro atoms. The molecule has 72 valence electrons. The number of thiazole rings is 1. The fourth-order valence-electron chi connectivity index (χ4n) is 1.10. The molecule has 0 unspecified atom stereocenters. The zero-order chi connectivity index (χ0) is 10.1. The highest BCUT2D eigenvalue weighted by Crippen LogP contribution is 2.27. The van der Waals surface area contributed by atoms with Crippen molar-refractivity contribution in [2.75, 3.05) is 11.1 Å². The first kappa shape index (κ1) is 8.76. The summed E-state index contributed by atoms with van der Waals surface area (Å²) < 4.78 is 0.925. The first-order valence-electron chi connectivity index (χ1n) is 3.87. The molecule has 0 bridgehead atoms. The van der Waals surface area contributed by atoms with Gasteiger partial charge in [-0.1, -0.05) is 11.3 Å². The minimum Gasteiger partial charge on any atom is -0.399 e. The third kappa shape index (κ3) is 1.60. The fraction of sp³-hybridized carbons (Fsp3) is 0. The van der Waals surface area contributed by atoms with Crippen LogP contribution in [0.1, 0.15) is 0 Å². The Labute approximate surface area is 83.7 Å². The summed E-state index contributed by atoms with van der Waals surface area (Å²) in [4.78, 5) is 14.7. The lowest BCUT2D eigenvalue weighted by Crippen LogP contribution is -2.18. The van der Waals surface area contributed by atoms with Gasteiger partial charge in [-0.3, -0.25) is 5.32 Å². The maximum absolute atomic E-state index is 10.6. The smallest absolute Gasteiger partial charge is 0.318 e. The molecule has 0 radical (unpaired) electrons. The predicted molar refractivity (Wildman–Crippen MR) is 57.2 cm³/mol. The van der Waals surface area contributed by atoms with Gasteiger partial charge in [0, 0.05) is 5.69 Å². The first-order valence-corrected chi connectivity index (χ1v) is 4.69. The van der Waals surface area contributed by atoms with E-state index >= 15 is 0 Å². The van der Waals surface area contributed by atoms with Crippen LogP contribution in [0.2, 0.25) is 0 Å². The van der Waals surface area contributed by atoms with Gasteiger partial charge in [0.2, 0.25) is 0 Å². The van der Waals surface area contributed by atoms with Crippen molar-refractivity contribution in [2.45, 2.75) is 0 Å². The third-order valence-corrected chi connectivity index (χ3v) is 2.58. The van der Waals surface area contributed by atoms with Gasteiger partial charge in [-0.05, 0) is 18.2 Å². The molecule has 5 nitrogen and oxygen atoms in total. The van der Waals surface area contributed by atoms with E-state index in [1.54, 1.807) is 18.2 Å².